The van der Waals surface area contributed by atoms with Gasteiger partial charge in [0, 0.05) is 19.6 Å². The van der Waals surface area contributed by atoms with Crippen LogP contribution in [0.15, 0.2) is 6.20 Å². The van der Waals surface area contributed by atoms with E-state index in [0.717, 1.165) is 25.9 Å². The molecule has 0 aromatic carbocycles. The fraction of sp³-hybridized carbons (Fsp3) is 0.786. The summed E-state index contributed by atoms with van der Waals surface area (Å²) in [5.74, 6) is 0.813. The topological polar surface area (TPSA) is 77.0 Å². The van der Waals surface area contributed by atoms with E-state index in [0.29, 0.717) is 23.6 Å². The van der Waals surface area contributed by atoms with Gasteiger partial charge in [-0.1, -0.05) is 26.0 Å². The van der Waals surface area contributed by atoms with Crippen LogP contribution in [0.3, 0.4) is 0 Å². The lowest BCUT2D eigenvalue weighted by Gasteiger charge is -2.38. The zero-order chi connectivity index (χ0) is 14.8. The van der Waals surface area contributed by atoms with Gasteiger partial charge in [-0.25, -0.2) is 4.68 Å². The van der Waals surface area contributed by atoms with E-state index in [1.165, 1.54) is 0 Å². The molecule has 1 saturated heterocycles. The number of nitrogens with two attached hydrogens (primary N) is 1. The summed E-state index contributed by atoms with van der Waals surface area (Å²) in [5, 5.41) is 7.81. The Morgan fingerprint density at radius 3 is 2.55 bits per heavy atom. The number of piperidine rings is 1. The van der Waals surface area contributed by atoms with Crippen LogP contribution in [0.5, 0.6) is 0 Å². The smallest absolute Gasteiger partial charge is 0.244 e. The lowest BCUT2D eigenvalue weighted by molar-refractivity contribution is -0.134. The van der Waals surface area contributed by atoms with Gasteiger partial charge in [-0.15, -0.1) is 5.10 Å². The highest BCUT2D eigenvalue weighted by Crippen LogP contribution is 2.34. The Bertz CT molecular complexity index is 454. The minimum absolute atomic E-state index is 0.117. The molecule has 6 heteroatoms. The highest BCUT2D eigenvalue weighted by atomic mass is 16.2. The van der Waals surface area contributed by atoms with Gasteiger partial charge in [0.2, 0.25) is 5.91 Å². The maximum Gasteiger partial charge on any atom is 0.244 e. The molecule has 2 heterocycles. The first kappa shape index (κ1) is 15.0. The molecule has 6 nitrogen and oxygen atoms in total. The lowest BCUT2D eigenvalue weighted by atomic mass is 9.75. The number of amides is 1. The maximum atomic E-state index is 12.2. The fourth-order valence-corrected chi connectivity index (χ4v) is 2.74. The molecule has 0 aliphatic carbocycles. The molecular formula is C14H25N5O. The summed E-state index contributed by atoms with van der Waals surface area (Å²) in [4.78, 5) is 14.2. The van der Waals surface area contributed by atoms with E-state index in [2.05, 4.69) is 31.1 Å². The van der Waals surface area contributed by atoms with Gasteiger partial charge < -0.3 is 10.6 Å². The first-order chi connectivity index (χ1) is 9.40. The molecule has 1 aliphatic heterocycles. The number of likely N-dealkylation sites (tertiary alicyclic amines) is 1. The van der Waals surface area contributed by atoms with Gasteiger partial charge in [-0.2, -0.15) is 0 Å². The number of nitrogens with zero attached hydrogens (tertiary/aromatic N) is 4. The van der Waals surface area contributed by atoms with Crippen molar-refractivity contribution in [1.82, 2.24) is 19.9 Å². The van der Waals surface area contributed by atoms with Crippen LogP contribution in [0.4, 0.5) is 0 Å². The number of hydrogen-bond acceptors (Lipinski definition) is 4. The van der Waals surface area contributed by atoms with Crippen molar-refractivity contribution in [3.05, 3.63) is 11.9 Å². The van der Waals surface area contributed by atoms with Crippen molar-refractivity contribution in [2.24, 2.45) is 17.1 Å². The van der Waals surface area contributed by atoms with Crippen molar-refractivity contribution in [1.29, 1.82) is 0 Å². The summed E-state index contributed by atoms with van der Waals surface area (Å²) in [6.07, 6.45) is 3.90. The normalized spacial score (nSPS) is 17.5. The fourth-order valence-electron chi connectivity index (χ4n) is 2.74. The first-order valence-electron chi connectivity index (χ1n) is 7.27. The minimum Gasteiger partial charge on any atom is -0.341 e. The van der Waals surface area contributed by atoms with Crippen molar-refractivity contribution >= 4 is 5.91 Å². The predicted molar refractivity (Wildman–Crippen MR) is 76.7 cm³/mol. The molecule has 2 N–H and O–H groups in total. The maximum absolute atomic E-state index is 12.2. The van der Waals surface area contributed by atoms with E-state index in [1.54, 1.807) is 10.9 Å². The third-order valence-electron chi connectivity index (χ3n) is 4.16. The number of carbonyl (C=O) groups excluding carboxylic acids is 1. The van der Waals surface area contributed by atoms with Crippen LogP contribution in [0.25, 0.3) is 0 Å². The van der Waals surface area contributed by atoms with Gasteiger partial charge in [0.05, 0.1) is 11.9 Å². The molecule has 1 fully saturated rings. The Balaban J connectivity index is 1.86. The zero-order valence-electron chi connectivity index (χ0n) is 12.7. The van der Waals surface area contributed by atoms with E-state index in [-0.39, 0.29) is 12.5 Å². The molecule has 20 heavy (non-hydrogen) atoms. The SMILES string of the molecule is CC(C)(C)C1CCN(C(=O)Cn2cc(CN)nn2)CC1. The highest BCUT2D eigenvalue weighted by molar-refractivity contribution is 5.75. The van der Waals surface area contributed by atoms with Crippen molar-refractivity contribution in [2.45, 2.75) is 46.7 Å². The molecule has 2 rings (SSSR count). The molecule has 112 valence electrons. The molecule has 0 bridgehead atoms. The van der Waals surface area contributed by atoms with Crippen LogP contribution in [-0.4, -0.2) is 38.9 Å². The summed E-state index contributed by atoms with van der Waals surface area (Å²) in [5.41, 5.74) is 6.52. The minimum atomic E-state index is 0.117. The standard InChI is InChI=1S/C14H25N5O/c1-14(2,3)11-4-6-18(7-5-11)13(20)10-19-9-12(8-15)16-17-19/h9,11H,4-8,10,15H2,1-3H3. The van der Waals surface area contributed by atoms with Crippen LogP contribution < -0.4 is 5.73 Å². The zero-order valence-corrected chi connectivity index (χ0v) is 12.7. The quantitative estimate of drug-likeness (QED) is 0.896. The van der Waals surface area contributed by atoms with E-state index < -0.39 is 0 Å². The van der Waals surface area contributed by atoms with Crippen molar-refractivity contribution in [3.8, 4) is 0 Å². The third-order valence-corrected chi connectivity index (χ3v) is 4.16. The Hall–Kier alpha value is -1.43. The molecule has 0 unspecified atom stereocenters. The van der Waals surface area contributed by atoms with Crippen LogP contribution in [-0.2, 0) is 17.9 Å². The van der Waals surface area contributed by atoms with Gasteiger partial charge in [-0.3, -0.25) is 4.79 Å². The third kappa shape index (κ3) is 3.56. The Morgan fingerprint density at radius 1 is 1.40 bits per heavy atom. The lowest BCUT2D eigenvalue weighted by Crippen LogP contribution is -2.42. The van der Waals surface area contributed by atoms with Crippen molar-refractivity contribution < 1.29 is 4.79 Å². The van der Waals surface area contributed by atoms with Crippen LogP contribution >= 0.6 is 0 Å². The molecule has 1 amide bonds. The first-order valence-corrected chi connectivity index (χ1v) is 7.27. The van der Waals surface area contributed by atoms with Crippen LogP contribution in [0.1, 0.15) is 39.3 Å². The number of aromatic nitrogens is 3. The average Bonchev–Trinajstić information content (AvgIpc) is 2.85. The van der Waals surface area contributed by atoms with Crippen LogP contribution in [0, 0.1) is 11.3 Å². The Morgan fingerprint density at radius 2 is 2.05 bits per heavy atom. The number of hydrogen-bond donors (Lipinski definition) is 1. The van der Waals surface area contributed by atoms with E-state index in [9.17, 15) is 4.79 Å². The summed E-state index contributed by atoms with van der Waals surface area (Å²) < 4.78 is 1.57. The van der Waals surface area contributed by atoms with Gasteiger partial charge in [0.15, 0.2) is 0 Å². The predicted octanol–water partition coefficient (Wildman–Crippen LogP) is 1.02. The second-order valence-electron chi connectivity index (χ2n) is 6.63. The molecule has 1 aromatic heterocycles. The molecule has 1 aliphatic rings. The molecule has 0 spiro atoms. The largest absolute Gasteiger partial charge is 0.341 e. The van der Waals surface area contributed by atoms with Crippen LogP contribution in [0.2, 0.25) is 0 Å². The van der Waals surface area contributed by atoms with E-state index in [1.807, 2.05) is 4.90 Å². The average molecular weight is 279 g/mol. The molecular weight excluding hydrogens is 254 g/mol. The van der Waals surface area contributed by atoms with Crippen molar-refractivity contribution in [3.63, 3.8) is 0 Å². The Labute approximate surface area is 120 Å². The van der Waals surface area contributed by atoms with Gasteiger partial charge >= 0.3 is 0 Å². The molecule has 0 radical (unpaired) electrons. The summed E-state index contributed by atoms with van der Waals surface area (Å²) >= 11 is 0. The second-order valence-corrected chi connectivity index (χ2v) is 6.63. The second kappa shape index (κ2) is 5.91. The number of carbonyl (C=O) groups is 1. The van der Waals surface area contributed by atoms with Crippen molar-refractivity contribution in [2.75, 3.05) is 13.1 Å². The monoisotopic (exact) mass is 279 g/mol. The Kier molecular flexibility index (Phi) is 4.42. The van der Waals surface area contributed by atoms with E-state index in [4.69, 9.17) is 5.73 Å². The van der Waals surface area contributed by atoms with Gasteiger partial charge in [-0.05, 0) is 24.2 Å². The molecule has 1 aromatic rings. The van der Waals surface area contributed by atoms with Gasteiger partial charge in [0.25, 0.3) is 0 Å². The van der Waals surface area contributed by atoms with Gasteiger partial charge in [0.1, 0.15) is 6.54 Å². The molecule has 0 atom stereocenters. The highest BCUT2D eigenvalue weighted by Gasteiger charge is 2.30. The summed E-state index contributed by atoms with van der Waals surface area (Å²) in [7, 11) is 0. The summed E-state index contributed by atoms with van der Waals surface area (Å²) in [6, 6.07) is 0. The summed E-state index contributed by atoms with van der Waals surface area (Å²) in [6.45, 7) is 9.13. The van der Waals surface area contributed by atoms with E-state index >= 15 is 0 Å². The number of rotatable bonds is 3. The molecule has 0 saturated carbocycles.